The lowest BCUT2D eigenvalue weighted by Crippen LogP contribution is -2.30. The lowest BCUT2D eigenvalue weighted by atomic mass is 9.71. The summed E-state index contributed by atoms with van der Waals surface area (Å²) in [6.07, 6.45) is 0.298. The average Bonchev–Trinajstić information content (AvgIpc) is 3.39. The van der Waals surface area contributed by atoms with Gasteiger partial charge in [0.25, 0.3) is 5.91 Å². The number of hydrogen-bond donors (Lipinski definition) is 4. The van der Waals surface area contributed by atoms with Crippen LogP contribution < -0.4 is 21.1 Å². The highest BCUT2D eigenvalue weighted by atomic mass is 33.1. The molecule has 4 atom stereocenters. The number of carbonyl (C=O) groups is 3. The summed E-state index contributed by atoms with van der Waals surface area (Å²) < 4.78 is 32.6. The Labute approximate surface area is 260 Å². The van der Waals surface area contributed by atoms with Crippen molar-refractivity contribution in [2.24, 2.45) is 5.73 Å². The Morgan fingerprint density at radius 3 is 2.86 bits per heavy atom. The highest BCUT2D eigenvalue weighted by Gasteiger charge is 2.37. The van der Waals surface area contributed by atoms with E-state index in [1.165, 1.54) is 21.6 Å². The molecule has 1 heterocycles. The Kier molecular flexibility index (Phi) is 18.7. The number of carbonyl (C=O) groups excluding carboxylic acids is 3. The van der Waals surface area contributed by atoms with E-state index < -0.39 is 18.4 Å². The fourth-order valence-electron chi connectivity index (χ4n) is 3.73. The van der Waals surface area contributed by atoms with Gasteiger partial charge in [0.1, 0.15) is 36.6 Å². The molecule has 0 radical (unpaired) electrons. The van der Waals surface area contributed by atoms with Gasteiger partial charge in [-0.1, -0.05) is 33.6 Å². The fraction of sp³-hybridized carbons (Fsp3) is 0.593. The number of amides is 2. The molecule has 2 unspecified atom stereocenters. The minimum atomic E-state index is -0.796. The van der Waals surface area contributed by atoms with Gasteiger partial charge in [0.05, 0.1) is 33.0 Å². The first kappa shape index (κ1) is 36.5. The molecule has 0 bridgehead atoms. The number of aliphatic hydroxyl groups excluding tert-OH is 1. The topological polar surface area (TPSA) is 177 Å². The van der Waals surface area contributed by atoms with Crippen LogP contribution in [0.2, 0.25) is 0 Å². The zero-order valence-electron chi connectivity index (χ0n) is 24.4. The summed E-state index contributed by atoms with van der Waals surface area (Å²) in [5, 5.41) is 14.8. The van der Waals surface area contributed by atoms with Gasteiger partial charge in [-0.2, -0.15) is 5.82 Å². The van der Waals surface area contributed by atoms with Crippen molar-refractivity contribution in [1.82, 2.24) is 10.6 Å². The molecule has 0 aromatic heterocycles. The Balaban J connectivity index is 1.60. The van der Waals surface area contributed by atoms with Crippen molar-refractivity contribution < 1.29 is 47.9 Å². The smallest absolute Gasteiger partial charge is 0.490 e. The second-order valence-corrected chi connectivity index (χ2v) is 11.5. The molecule has 1 aromatic rings. The first-order valence-electron chi connectivity index (χ1n) is 13.8. The molecule has 16 heteroatoms. The Hall–Kier alpha value is -2.65. The van der Waals surface area contributed by atoms with Crippen LogP contribution in [-0.4, -0.2) is 120 Å². The standard InChI is InChI=1S/C27H40BN3O10S2/c1-3-37-27(35)41-21-15-23(40-22(21)16-32)28-8-5-10-30-24(33)17-36-12-13-38-25(43-42-2)18-39-20-7-4-6-19(14-20)26(34)31-11-9-29/h4,6-7,14,21-23,25,28,32H,3,9-13,15-18,29H2,1-2H3,(H,30,33)(H,31,34)/t21-,22?,23-,25?/m1/s1. The Bertz CT molecular complexity index is 1060. The van der Waals surface area contributed by atoms with Crippen LogP contribution in [-0.2, 0) is 28.5 Å². The van der Waals surface area contributed by atoms with Crippen molar-refractivity contribution in [3.8, 4) is 17.5 Å². The largest absolute Gasteiger partial charge is 0.508 e. The van der Waals surface area contributed by atoms with Gasteiger partial charge in [-0.3, -0.25) is 9.59 Å². The van der Waals surface area contributed by atoms with E-state index >= 15 is 0 Å². The summed E-state index contributed by atoms with van der Waals surface area (Å²) in [6, 6.07) is 6.56. The number of rotatable bonds is 19. The van der Waals surface area contributed by atoms with Gasteiger partial charge in [0.2, 0.25) is 13.2 Å². The second-order valence-electron chi connectivity index (χ2n) is 8.89. The summed E-state index contributed by atoms with van der Waals surface area (Å²) in [5.41, 5.74) is 5.62. The molecule has 2 amide bonds. The number of nitrogens with two attached hydrogens (primary N) is 1. The van der Waals surface area contributed by atoms with E-state index in [9.17, 15) is 19.5 Å². The van der Waals surface area contributed by atoms with E-state index in [-0.39, 0.29) is 69.4 Å². The van der Waals surface area contributed by atoms with Crippen molar-refractivity contribution in [2.75, 3.05) is 65.5 Å². The molecule has 0 spiro atoms. The van der Waals surface area contributed by atoms with Gasteiger partial charge in [-0.25, -0.2) is 4.79 Å². The number of benzene rings is 1. The minimum absolute atomic E-state index is 0.136. The third-order valence-electron chi connectivity index (χ3n) is 5.68. The molecule has 1 aliphatic heterocycles. The third-order valence-corrected chi connectivity index (χ3v) is 7.58. The first-order chi connectivity index (χ1) is 20.9. The molecule has 0 saturated carbocycles. The molecule has 5 N–H and O–H groups in total. The molecule has 238 valence electrons. The molecule has 43 heavy (non-hydrogen) atoms. The highest BCUT2D eigenvalue weighted by molar-refractivity contribution is 8.76. The lowest BCUT2D eigenvalue weighted by Gasteiger charge is -2.17. The van der Waals surface area contributed by atoms with Crippen molar-refractivity contribution in [3.05, 3.63) is 29.8 Å². The Morgan fingerprint density at radius 1 is 1.28 bits per heavy atom. The minimum Gasteiger partial charge on any atom is -0.490 e. The third kappa shape index (κ3) is 15.1. The molecule has 13 nitrogen and oxygen atoms in total. The van der Waals surface area contributed by atoms with Crippen LogP contribution in [0, 0.1) is 11.7 Å². The van der Waals surface area contributed by atoms with E-state index in [1.54, 1.807) is 31.2 Å². The summed E-state index contributed by atoms with van der Waals surface area (Å²) in [7, 11) is 3.38. The molecular formula is C27H40BN3O10S2. The summed E-state index contributed by atoms with van der Waals surface area (Å²) in [5.74, 6) is 5.78. The fourth-order valence-corrected chi connectivity index (χ4v) is 5.20. The van der Waals surface area contributed by atoms with Crippen LogP contribution in [0.25, 0.3) is 0 Å². The van der Waals surface area contributed by atoms with Crippen LogP contribution in [0.4, 0.5) is 4.79 Å². The predicted molar refractivity (Wildman–Crippen MR) is 165 cm³/mol. The van der Waals surface area contributed by atoms with Crippen molar-refractivity contribution >= 4 is 46.8 Å². The van der Waals surface area contributed by atoms with Gasteiger partial charge in [0.15, 0.2) is 0 Å². The lowest BCUT2D eigenvalue weighted by molar-refractivity contribution is -0.126. The van der Waals surface area contributed by atoms with Crippen LogP contribution in [0.3, 0.4) is 0 Å². The van der Waals surface area contributed by atoms with E-state index in [4.69, 9.17) is 34.2 Å². The van der Waals surface area contributed by atoms with Crippen LogP contribution in [0.5, 0.6) is 5.75 Å². The quantitative estimate of drug-likeness (QED) is 0.0405. The summed E-state index contributed by atoms with van der Waals surface area (Å²) >= 11 is 0. The molecular weight excluding hydrogens is 601 g/mol. The van der Waals surface area contributed by atoms with Crippen LogP contribution in [0.15, 0.2) is 24.3 Å². The van der Waals surface area contributed by atoms with Crippen LogP contribution >= 0.6 is 21.6 Å². The Morgan fingerprint density at radius 2 is 2.12 bits per heavy atom. The molecule has 1 aliphatic rings. The normalized spacial score (nSPS) is 18.1. The van der Waals surface area contributed by atoms with E-state index in [2.05, 4.69) is 22.4 Å². The van der Waals surface area contributed by atoms with Crippen molar-refractivity contribution in [3.63, 3.8) is 0 Å². The maximum absolute atomic E-state index is 12.1. The average molecular weight is 642 g/mol. The molecule has 1 fully saturated rings. The second kappa shape index (κ2) is 22.0. The molecule has 1 saturated heterocycles. The van der Waals surface area contributed by atoms with Gasteiger partial charge in [-0.15, -0.1) is 0 Å². The highest BCUT2D eigenvalue weighted by Crippen LogP contribution is 2.26. The van der Waals surface area contributed by atoms with E-state index in [1.807, 2.05) is 6.26 Å². The summed E-state index contributed by atoms with van der Waals surface area (Å²) in [4.78, 5) is 35.7. The van der Waals surface area contributed by atoms with Gasteiger partial charge < -0.3 is 49.9 Å². The van der Waals surface area contributed by atoms with Gasteiger partial charge >= 0.3 is 6.16 Å². The molecule has 0 aliphatic carbocycles. The predicted octanol–water partition coefficient (Wildman–Crippen LogP) is 0.287. The molecule has 2 rings (SSSR count). The van der Waals surface area contributed by atoms with Crippen molar-refractivity contribution in [2.45, 2.75) is 37.0 Å². The SMILES string of the molecule is CCOC(=O)O[C@@H]1C[C@H](BC#CCNC(=O)COCCOC(COc2cccc(C(=O)NCCN)c2)SSC)OC1CO. The zero-order valence-corrected chi connectivity index (χ0v) is 26.0. The van der Waals surface area contributed by atoms with Crippen molar-refractivity contribution in [1.29, 1.82) is 0 Å². The number of hydrogen-bond acceptors (Lipinski definition) is 13. The summed E-state index contributed by atoms with van der Waals surface area (Å²) in [6.45, 7) is 3.05. The first-order valence-corrected chi connectivity index (χ1v) is 16.4. The maximum atomic E-state index is 12.1. The van der Waals surface area contributed by atoms with E-state index in [0.717, 1.165) is 0 Å². The number of aliphatic hydroxyl groups is 1. The zero-order chi connectivity index (χ0) is 31.3. The van der Waals surface area contributed by atoms with Gasteiger partial charge in [-0.05, 0) is 31.4 Å². The monoisotopic (exact) mass is 641 g/mol. The molecule has 1 aromatic carbocycles. The number of ether oxygens (including phenoxy) is 6. The van der Waals surface area contributed by atoms with E-state index in [0.29, 0.717) is 38.1 Å². The van der Waals surface area contributed by atoms with Crippen LogP contribution in [0.1, 0.15) is 23.7 Å². The van der Waals surface area contributed by atoms with Gasteiger partial charge in [0, 0.05) is 31.1 Å². The number of nitrogens with one attached hydrogen (secondary N) is 2. The maximum Gasteiger partial charge on any atom is 0.508 e.